The smallest absolute Gasteiger partial charge is 0.101 e. The number of anilines is 1. The zero-order chi connectivity index (χ0) is 14.4. The second-order valence-corrected chi connectivity index (χ2v) is 4.73. The van der Waals surface area contributed by atoms with Crippen LogP contribution in [0, 0.1) is 11.3 Å². The van der Waals surface area contributed by atoms with E-state index in [0.29, 0.717) is 11.4 Å². The number of pyridine rings is 1. The first-order valence-corrected chi connectivity index (χ1v) is 7.04. The van der Waals surface area contributed by atoms with Gasteiger partial charge in [0, 0.05) is 31.4 Å². The Morgan fingerprint density at radius 1 is 1.20 bits per heavy atom. The highest BCUT2D eigenvalue weighted by molar-refractivity contribution is 6.17. The van der Waals surface area contributed by atoms with Crippen molar-refractivity contribution in [2.75, 3.05) is 11.4 Å². The molecule has 0 aliphatic heterocycles. The fourth-order valence-electron chi connectivity index (χ4n) is 2.11. The van der Waals surface area contributed by atoms with Crippen LogP contribution in [-0.2, 0) is 12.4 Å². The highest BCUT2D eigenvalue weighted by Crippen LogP contribution is 2.23. The molecular weight excluding hydrogens is 270 g/mol. The summed E-state index contributed by atoms with van der Waals surface area (Å²) in [5.74, 6) is 0.422. The van der Waals surface area contributed by atoms with E-state index in [4.69, 9.17) is 11.6 Å². The van der Waals surface area contributed by atoms with Gasteiger partial charge in [0.1, 0.15) is 6.07 Å². The van der Waals surface area contributed by atoms with Crippen molar-refractivity contribution in [2.45, 2.75) is 19.3 Å². The first kappa shape index (κ1) is 14.4. The monoisotopic (exact) mass is 285 g/mol. The fourth-order valence-corrected chi connectivity index (χ4v) is 2.27. The molecule has 0 spiro atoms. The molecule has 1 aromatic carbocycles. The van der Waals surface area contributed by atoms with Crippen molar-refractivity contribution < 1.29 is 0 Å². The molecule has 0 aliphatic rings. The number of rotatable bonds is 5. The number of benzene rings is 1. The van der Waals surface area contributed by atoms with Crippen LogP contribution >= 0.6 is 11.6 Å². The molecule has 3 nitrogen and oxygen atoms in total. The van der Waals surface area contributed by atoms with Crippen molar-refractivity contribution >= 4 is 17.3 Å². The van der Waals surface area contributed by atoms with Crippen LogP contribution in [0.3, 0.4) is 0 Å². The van der Waals surface area contributed by atoms with Crippen LogP contribution in [0.1, 0.15) is 23.6 Å². The van der Waals surface area contributed by atoms with Crippen molar-refractivity contribution in [3.63, 3.8) is 0 Å². The van der Waals surface area contributed by atoms with Crippen LogP contribution in [0.25, 0.3) is 0 Å². The van der Waals surface area contributed by atoms with Crippen LogP contribution in [0.4, 0.5) is 5.69 Å². The van der Waals surface area contributed by atoms with Crippen LogP contribution in [0.5, 0.6) is 0 Å². The molecule has 2 aromatic rings. The molecule has 0 atom stereocenters. The lowest BCUT2D eigenvalue weighted by molar-refractivity contribution is 0.828. The maximum absolute atomic E-state index is 9.32. The Balaban J connectivity index is 2.30. The number of nitriles is 1. The molecule has 0 radical (unpaired) electrons. The molecule has 1 aromatic heterocycles. The third kappa shape index (κ3) is 3.28. The van der Waals surface area contributed by atoms with Gasteiger partial charge in [-0.2, -0.15) is 5.26 Å². The van der Waals surface area contributed by atoms with Crippen molar-refractivity contribution in [3.8, 4) is 6.07 Å². The van der Waals surface area contributed by atoms with Gasteiger partial charge in [-0.1, -0.05) is 6.07 Å². The van der Waals surface area contributed by atoms with E-state index < -0.39 is 0 Å². The molecule has 20 heavy (non-hydrogen) atoms. The lowest BCUT2D eigenvalue weighted by Gasteiger charge is -2.24. The minimum Gasteiger partial charge on any atom is -0.366 e. The van der Waals surface area contributed by atoms with E-state index in [0.717, 1.165) is 24.3 Å². The van der Waals surface area contributed by atoms with E-state index in [9.17, 15) is 5.26 Å². The number of nitrogens with zero attached hydrogens (tertiary/aromatic N) is 3. The maximum atomic E-state index is 9.32. The Kier molecular flexibility index (Phi) is 4.97. The summed E-state index contributed by atoms with van der Waals surface area (Å²) in [7, 11) is 0. The minimum atomic E-state index is 0.422. The minimum absolute atomic E-state index is 0.422. The summed E-state index contributed by atoms with van der Waals surface area (Å²) in [6, 6.07) is 12.0. The zero-order valence-corrected chi connectivity index (χ0v) is 12.1. The fraction of sp³-hybridized carbons (Fsp3) is 0.250. The molecule has 1 heterocycles. The Morgan fingerprint density at radius 3 is 2.55 bits per heavy atom. The van der Waals surface area contributed by atoms with Gasteiger partial charge >= 0.3 is 0 Å². The molecule has 2 rings (SSSR count). The molecule has 0 bridgehead atoms. The summed E-state index contributed by atoms with van der Waals surface area (Å²) in [6.45, 7) is 3.67. The molecule has 0 N–H and O–H groups in total. The summed E-state index contributed by atoms with van der Waals surface area (Å²) in [5, 5.41) is 9.32. The Bertz CT molecular complexity index is 605. The molecule has 4 heteroatoms. The van der Waals surface area contributed by atoms with E-state index in [-0.39, 0.29) is 0 Å². The van der Waals surface area contributed by atoms with Crippen LogP contribution < -0.4 is 4.90 Å². The number of hydrogen-bond acceptors (Lipinski definition) is 3. The van der Waals surface area contributed by atoms with Crippen molar-refractivity contribution in [2.24, 2.45) is 0 Å². The third-order valence-corrected chi connectivity index (χ3v) is 3.49. The van der Waals surface area contributed by atoms with E-state index in [1.165, 1.54) is 5.56 Å². The average molecular weight is 286 g/mol. The molecule has 0 unspecified atom stereocenters. The lowest BCUT2D eigenvalue weighted by atomic mass is 10.1. The third-order valence-electron chi connectivity index (χ3n) is 3.18. The van der Waals surface area contributed by atoms with Gasteiger partial charge in [0.15, 0.2) is 0 Å². The number of hydrogen-bond donors (Lipinski definition) is 0. The van der Waals surface area contributed by atoms with Crippen molar-refractivity contribution in [3.05, 3.63) is 59.4 Å². The average Bonchev–Trinajstić information content (AvgIpc) is 2.53. The predicted molar refractivity (Wildman–Crippen MR) is 81.7 cm³/mol. The molecule has 0 fully saturated rings. The number of alkyl halides is 1. The number of aromatic nitrogens is 1. The summed E-state index contributed by atoms with van der Waals surface area (Å²) in [4.78, 5) is 6.19. The van der Waals surface area contributed by atoms with Gasteiger partial charge in [-0.3, -0.25) is 4.98 Å². The second-order valence-electron chi connectivity index (χ2n) is 4.47. The second kappa shape index (κ2) is 6.93. The Labute approximate surface area is 124 Å². The highest BCUT2D eigenvalue weighted by Gasteiger charge is 2.11. The SMILES string of the molecule is CCN(Cc1ccncc1)c1ccc(CCl)cc1C#N. The van der Waals surface area contributed by atoms with Gasteiger partial charge in [-0.15, -0.1) is 11.6 Å². The standard InChI is InChI=1S/C16H16ClN3/c1-2-20(12-13-5-7-19-8-6-13)16-4-3-14(10-17)9-15(16)11-18/h3-9H,2,10,12H2,1H3. The molecule has 102 valence electrons. The lowest BCUT2D eigenvalue weighted by Crippen LogP contribution is -2.23. The van der Waals surface area contributed by atoms with Gasteiger partial charge in [0.25, 0.3) is 0 Å². The number of halogens is 1. The predicted octanol–water partition coefficient (Wildman–Crippen LogP) is 3.72. The van der Waals surface area contributed by atoms with Crippen molar-refractivity contribution in [1.82, 2.24) is 4.98 Å². The summed E-state index contributed by atoms with van der Waals surface area (Å²) >= 11 is 5.82. The van der Waals surface area contributed by atoms with Gasteiger partial charge < -0.3 is 4.90 Å². The summed E-state index contributed by atoms with van der Waals surface area (Å²) < 4.78 is 0. The Morgan fingerprint density at radius 2 is 1.95 bits per heavy atom. The van der Waals surface area contributed by atoms with Gasteiger partial charge in [0.2, 0.25) is 0 Å². The highest BCUT2D eigenvalue weighted by atomic mass is 35.5. The molecule has 0 amide bonds. The van der Waals surface area contributed by atoms with Gasteiger partial charge in [-0.25, -0.2) is 0 Å². The molecular formula is C16H16ClN3. The Hall–Kier alpha value is -2.05. The quantitative estimate of drug-likeness (QED) is 0.786. The van der Waals surface area contributed by atoms with Crippen molar-refractivity contribution in [1.29, 1.82) is 5.26 Å². The van der Waals surface area contributed by atoms with Crippen LogP contribution in [-0.4, -0.2) is 11.5 Å². The summed E-state index contributed by atoms with van der Waals surface area (Å²) in [6.07, 6.45) is 3.57. The van der Waals surface area contributed by atoms with Crippen LogP contribution in [0.15, 0.2) is 42.7 Å². The van der Waals surface area contributed by atoms with Gasteiger partial charge in [0.05, 0.1) is 11.3 Å². The molecule has 0 aliphatic carbocycles. The maximum Gasteiger partial charge on any atom is 0.101 e. The van der Waals surface area contributed by atoms with Crippen LogP contribution in [0.2, 0.25) is 0 Å². The van der Waals surface area contributed by atoms with E-state index >= 15 is 0 Å². The summed E-state index contributed by atoms with van der Waals surface area (Å²) in [5.41, 5.74) is 3.75. The topological polar surface area (TPSA) is 39.9 Å². The largest absolute Gasteiger partial charge is 0.366 e. The molecule has 0 saturated carbocycles. The van der Waals surface area contributed by atoms with E-state index in [1.54, 1.807) is 12.4 Å². The normalized spacial score (nSPS) is 10.1. The zero-order valence-electron chi connectivity index (χ0n) is 11.4. The van der Waals surface area contributed by atoms with E-state index in [1.807, 2.05) is 30.3 Å². The first-order chi connectivity index (χ1) is 9.78. The molecule has 0 saturated heterocycles. The first-order valence-electron chi connectivity index (χ1n) is 6.51. The van der Waals surface area contributed by atoms with Gasteiger partial charge in [-0.05, 0) is 42.3 Å². The van der Waals surface area contributed by atoms with E-state index in [2.05, 4.69) is 22.9 Å².